The van der Waals surface area contributed by atoms with Gasteiger partial charge in [-0.3, -0.25) is 0 Å². The van der Waals surface area contributed by atoms with Crippen LogP contribution in [0.1, 0.15) is 39.8 Å². The highest BCUT2D eigenvalue weighted by Gasteiger charge is 2.09. The van der Waals surface area contributed by atoms with Crippen LogP contribution >= 0.6 is 0 Å². The van der Waals surface area contributed by atoms with E-state index in [9.17, 15) is 0 Å². The maximum absolute atomic E-state index is 5.61. The van der Waals surface area contributed by atoms with Crippen molar-refractivity contribution >= 4 is 0 Å². The number of nitrogens with zero attached hydrogens (tertiary/aromatic N) is 3. The molecule has 86 valence electrons. The summed E-state index contributed by atoms with van der Waals surface area (Å²) < 4.78 is 7.46. The SMILES string of the molecule is CCCc1cn(CCOC(C)(C)C)nn1. The first-order valence-corrected chi connectivity index (χ1v) is 5.54. The molecule has 0 amide bonds. The Morgan fingerprint density at radius 1 is 1.40 bits per heavy atom. The largest absolute Gasteiger partial charge is 0.374 e. The molecule has 0 saturated carbocycles. The Balaban J connectivity index is 2.31. The van der Waals surface area contributed by atoms with Crippen LogP contribution in [0, 0.1) is 0 Å². The van der Waals surface area contributed by atoms with Crippen LogP contribution in [0.5, 0.6) is 0 Å². The zero-order valence-corrected chi connectivity index (χ0v) is 10.2. The second-order valence-corrected chi connectivity index (χ2v) is 4.68. The quantitative estimate of drug-likeness (QED) is 0.748. The van der Waals surface area contributed by atoms with Crippen LogP contribution in [0.2, 0.25) is 0 Å². The van der Waals surface area contributed by atoms with E-state index in [1.807, 2.05) is 10.9 Å². The minimum atomic E-state index is -0.0766. The van der Waals surface area contributed by atoms with Crippen LogP contribution in [0.15, 0.2) is 6.20 Å². The molecular weight excluding hydrogens is 190 g/mol. The van der Waals surface area contributed by atoms with Crippen molar-refractivity contribution in [2.75, 3.05) is 6.61 Å². The van der Waals surface area contributed by atoms with Crippen LogP contribution in [-0.2, 0) is 17.7 Å². The van der Waals surface area contributed by atoms with Crippen molar-refractivity contribution in [3.05, 3.63) is 11.9 Å². The fraction of sp³-hybridized carbons (Fsp3) is 0.818. The van der Waals surface area contributed by atoms with Gasteiger partial charge in [-0.15, -0.1) is 5.10 Å². The predicted octanol–water partition coefficient (Wildman–Crippen LogP) is 2.05. The lowest BCUT2D eigenvalue weighted by Crippen LogP contribution is -2.22. The van der Waals surface area contributed by atoms with Gasteiger partial charge < -0.3 is 4.74 Å². The molecule has 0 radical (unpaired) electrons. The third-order valence-electron chi connectivity index (χ3n) is 1.95. The van der Waals surface area contributed by atoms with Gasteiger partial charge >= 0.3 is 0 Å². The first-order valence-electron chi connectivity index (χ1n) is 5.54. The monoisotopic (exact) mass is 211 g/mol. The van der Waals surface area contributed by atoms with E-state index in [2.05, 4.69) is 38.0 Å². The Hall–Kier alpha value is -0.900. The molecule has 4 heteroatoms. The first kappa shape index (κ1) is 12.2. The van der Waals surface area contributed by atoms with E-state index in [1.165, 1.54) is 0 Å². The Morgan fingerprint density at radius 2 is 2.13 bits per heavy atom. The molecule has 0 atom stereocenters. The van der Waals surface area contributed by atoms with Gasteiger partial charge in [0.2, 0.25) is 0 Å². The van der Waals surface area contributed by atoms with Crippen LogP contribution in [0.3, 0.4) is 0 Å². The molecular formula is C11H21N3O. The number of aromatic nitrogens is 3. The molecule has 0 aliphatic heterocycles. The third-order valence-corrected chi connectivity index (χ3v) is 1.95. The molecule has 0 fully saturated rings. The Labute approximate surface area is 91.6 Å². The minimum absolute atomic E-state index is 0.0766. The molecule has 0 spiro atoms. The summed E-state index contributed by atoms with van der Waals surface area (Å²) in [6.07, 6.45) is 4.10. The molecule has 0 N–H and O–H groups in total. The van der Waals surface area contributed by atoms with E-state index in [-0.39, 0.29) is 5.60 Å². The Kier molecular flexibility index (Phi) is 4.27. The highest BCUT2D eigenvalue weighted by Crippen LogP contribution is 2.06. The van der Waals surface area contributed by atoms with Gasteiger partial charge in [0.15, 0.2) is 0 Å². The van der Waals surface area contributed by atoms with Crippen molar-refractivity contribution in [1.82, 2.24) is 15.0 Å². The molecule has 0 unspecified atom stereocenters. The van der Waals surface area contributed by atoms with E-state index in [1.54, 1.807) is 0 Å². The van der Waals surface area contributed by atoms with Crippen LogP contribution in [0.25, 0.3) is 0 Å². The molecule has 4 nitrogen and oxygen atoms in total. The molecule has 1 rings (SSSR count). The topological polar surface area (TPSA) is 39.9 Å². The number of rotatable bonds is 5. The maximum Gasteiger partial charge on any atom is 0.0827 e. The van der Waals surface area contributed by atoms with E-state index < -0.39 is 0 Å². The summed E-state index contributed by atoms with van der Waals surface area (Å²) in [7, 11) is 0. The van der Waals surface area contributed by atoms with E-state index in [4.69, 9.17) is 4.74 Å². The second-order valence-electron chi connectivity index (χ2n) is 4.68. The standard InChI is InChI=1S/C11H21N3O/c1-5-6-10-9-14(13-12-10)7-8-15-11(2,3)4/h9H,5-8H2,1-4H3. The van der Waals surface area contributed by atoms with E-state index in [0.29, 0.717) is 6.61 Å². The summed E-state index contributed by atoms with van der Waals surface area (Å²) in [5, 5.41) is 8.12. The molecule has 1 heterocycles. The summed E-state index contributed by atoms with van der Waals surface area (Å²) in [6.45, 7) is 9.75. The van der Waals surface area contributed by atoms with Crippen molar-refractivity contribution in [1.29, 1.82) is 0 Å². The van der Waals surface area contributed by atoms with Crippen LogP contribution in [0.4, 0.5) is 0 Å². The summed E-state index contributed by atoms with van der Waals surface area (Å²) in [4.78, 5) is 0. The first-order chi connectivity index (χ1) is 7.01. The zero-order valence-electron chi connectivity index (χ0n) is 10.2. The molecule has 1 aromatic heterocycles. The molecule has 0 saturated heterocycles. The van der Waals surface area contributed by atoms with Gasteiger partial charge in [-0.05, 0) is 27.2 Å². The van der Waals surface area contributed by atoms with Gasteiger partial charge in [-0.1, -0.05) is 18.6 Å². The zero-order chi connectivity index (χ0) is 11.3. The normalized spacial score (nSPS) is 12.0. The number of aryl methyl sites for hydroxylation is 1. The van der Waals surface area contributed by atoms with Crippen LogP contribution in [-0.4, -0.2) is 27.2 Å². The van der Waals surface area contributed by atoms with Gasteiger partial charge in [0.1, 0.15) is 0 Å². The fourth-order valence-electron chi connectivity index (χ4n) is 1.26. The molecule has 0 aliphatic rings. The lowest BCUT2D eigenvalue weighted by molar-refractivity contribution is -0.00805. The Morgan fingerprint density at radius 3 is 2.73 bits per heavy atom. The van der Waals surface area contributed by atoms with E-state index >= 15 is 0 Å². The van der Waals surface area contributed by atoms with Crippen molar-refractivity contribution < 1.29 is 4.74 Å². The van der Waals surface area contributed by atoms with Crippen molar-refractivity contribution in [2.24, 2.45) is 0 Å². The average molecular weight is 211 g/mol. The molecule has 0 aromatic carbocycles. The van der Waals surface area contributed by atoms with Gasteiger partial charge in [-0.25, -0.2) is 4.68 Å². The van der Waals surface area contributed by atoms with Crippen molar-refractivity contribution in [2.45, 2.75) is 52.7 Å². The third kappa shape index (κ3) is 4.93. The number of ether oxygens (including phenoxy) is 1. The lowest BCUT2D eigenvalue weighted by Gasteiger charge is -2.19. The van der Waals surface area contributed by atoms with Gasteiger partial charge in [0.05, 0.1) is 24.4 Å². The maximum atomic E-state index is 5.61. The average Bonchev–Trinajstić information content (AvgIpc) is 2.51. The summed E-state index contributed by atoms with van der Waals surface area (Å²) >= 11 is 0. The summed E-state index contributed by atoms with van der Waals surface area (Å²) in [5.41, 5.74) is 0.987. The lowest BCUT2D eigenvalue weighted by atomic mass is 10.2. The van der Waals surface area contributed by atoms with Crippen molar-refractivity contribution in [3.63, 3.8) is 0 Å². The fourth-order valence-corrected chi connectivity index (χ4v) is 1.26. The summed E-state index contributed by atoms with van der Waals surface area (Å²) in [5.74, 6) is 0. The van der Waals surface area contributed by atoms with Crippen molar-refractivity contribution in [3.8, 4) is 0 Å². The molecule has 15 heavy (non-hydrogen) atoms. The highest BCUT2D eigenvalue weighted by molar-refractivity contribution is 4.91. The van der Waals surface area contributed by atoms with E-state index in [0.717, 1.165) is 25.1 Å². The Bertz CT molecular complexity index is 288. The summed E-state index contributed by atoms with van der Waals surface area (Å²) in [6, 6.07) is 0. The highest BCUT2D eigenvalue weighted by atomic mass is 16.5. The minimum Gasteiger partial charge on any atom is -0.374 e. The van der Waals surface area contributed by atoms with Gasteiger partial charge in [0, 0.05) is 6.20 Å². The number of hydrogen-bond donors (Lipinski definition) is 0. The smallest absolute Gasteiger partial charge is 0.0827 e. The second kappa shape index (κ2) is 5.26. The molecule has 0 bridgehead atoms. The molecule has 0 aliphatic carbocycles. The van der Waals surface area contributed by atoms with Gasteiger partial charge in [-0.2, -0.15) is 0 Å². The molecule has 1 aromatic rings. The number of hydrogen-bond acceptors (Lipinski definition) is 3. The predicted molar refractivity (Wildman–Crippen MR) is 59.7 cm³/mol. The van der Waals surface area contributed by atoms with Gasteiger partial charge in [0.25, 0.3) is 0 Å². The van der Waals surface area contributed by atoms with Crippen LogP contribution < -0.4 is 0 Å².